The molecule has 0 saturated heterocycles. The maximum absolute atomic E-state index is 13.5. The number of carbonyl (C=O) groups is 1. The molecular formula is C21H25FN4O2. The standard InChI is InChI=1S/C21H25FN4O2/c1-14-11-23-12-17(24-14)19(28)26-21-7-3-6-20(13-21,8-9-21)25-18(27)15-4-2-5-16(22)10-15/h2,4-5,10-12,18,25,27H,3,6-9,13H2,1H3,(H,26,28). The van der Waals surface area contributed by atoms with Crippen molar-refractivity contribution < 1.29 is 14.3 Å². The Balaban J connectivity index is 1.47. The number of aliphatic hydroxyl groups is 1. The van der Waals surface area contributed by atoms with Crippen LogP contribution < -0.4 is 10.6 Å². The van der Waals surface area contributed by atoms with E-state index in [1.807, 2.05) is 0 Å². The summed E-state index contributed by atoms with van der Waals surface area (Å²) in [4.78, 5) is 21.0. The number of hydrogen-bond donors (Lipinski definition) is 3. The number of aliphatic hydroxyl groups excluding tert-OH is 1. The number of aryl methyl sites for hydroxylation is 1. The lowest BCUT2D eigenvalue weighted by Crippen LogP contribution is -2.54. The Kier molecular flexibility index (Phi) is 4.89. The lowest BCUT2D eigenvalue weighted by atomic mass is 9.78. The number of nitrogens with one attached hydrogen (secondary N) is 2. The van der Waals surface area contributed by atoms with Crippen molar-refractivity contribution in [2.45, 2.75) is 62.8 Å². The molecule has 3 atom stereocenters. The lowest BCUT2D eigenvalue weighted by Gasteiger charge is -2.41. The van der Waals surface area contributed by atoms with Crippen LogP contribution in [-0.4, -0.2) is 32.1 Å². The van der Waals surface area contributed by atoms with Crippen LogP contribution in [0.1, 0.15) is 66.5 Å². The van der Waals surface area contributed by atoms with Gasteiger partial charge in [0.15, 0.2) is 0 Å². The van der Waals surface area contributed by atoms with Crippen molar-refractivity contribution in [2.24, 2.45) is 0 Å². The Morgan fingerprint density at radius 2 is 2.00 bits per heavy atom. The van der Waals surface area contributed by atoms with E-state index in [1.165, 1.54) is 18.3 Å². The molecule has 1 aromatic heterocycles. The molecule has 4 rings (SSSR count). The van der Waals surface area contributed by atoms with Gasteiger partial charge < -0.3 is 10.4 Å². The van der Waals surface area contributed by atoms with E-state index in [1.54, 1.807) is 25.3 Å². The van der Waals surface area contributed by atoms with Crippen LogP contribution in [0.4, 0.5) is 4.39 Å². The third kappa shape index (κ3) is 3.77. The highest BCUT2D eigenvalue weighted by Gasteiger charge is 2.52. The summed E-state index contributed by atoms with van der Waals surface area (Å²) in [6.07, 6.45) is 7.34. The van der Waals surface area contributed by atoms with Gasteiger partial charge in [0.1, 0.15) is 17.7 Å². The Labute approximate surface area is 163 Å². The Morgan fingerprint density at radius 3 is 2.79 bits per heavy atom. The van der Waals surface area contributed by atoms with Gasteiger partial charge in [0.05, 0.1) is 11.9 Å². The fourth-order valence-electron chi connectivity index (χ4n) is 4.79. The molecule has 2 saturated carbocycles. The average Bonchev–Trinajstić information content (AvgIpc) is 2.91. The summed E-state index contributed by atoms with van der Waals surface area (Å²) in [5.41, 5.74) is 0.960. The smallest absolute Gasteiger partial charge is 0.271 e. The van der Waals surface area contributed by atoms with Crippen molar-refractivity contribution >= 4 is 5.91 Å². The summed E-state index contributed by atoms with van der Waals surface area (Å²) >= 11 is 0. The molecule has 3 N–H and O–H groups in total. The van der Waals surface area contributed by atoms with E-state index < -0.39 is 6.23 Å². The fourth-order valence-corrected chi connectivity index (χ4v) is 4.79. The number of amides is 1. The second kappa shape index (κ2) is 7.22. The number of benzene rings is 1. The SMILES string of the molecule is Cc1cncc(C(=O)NC23CCCC(NC(O)c4cccc(F)c4)(CC2)C3)n1. The monoisotopic (exact) mass is 384 g/mol. The fraction of sp³-hybridized carbons (Fsp3) is 0.476. The van der Waals surface area contributed by atoms with Crippen LogP contribution in [0.2, 0.25) is 0 Å². The Morgan fingerprint density at radius 1 is 1.21 bits per heavy atom. The van der Waals surface area contributed by atoms with Crippen LogP contribution >= 0.6 is 0 Å². The predicted molar refractivity (Wildman–Crippen MR) is 102 cm³/mol. The van der Waals surface area contributed by atoms with Crippen LogP contribution in [0.3, 0.4) is 0 Å². The number of fused-ring (bicyclic) bond motifs is 2. The van der Waals surface area contributed by atoms with Gasteiger partial charge in [-0.05, 0) is 63.1 Å². The van der Waals surface area contributed by atoms with Crippen molar-refractivity contribution in [3.05, 3.63) is 59.4 Å². The molecule has 1 aromatic carbocycles. The molecule has 1 heterocycles. The van der Waals surface area contributed by atoms with Gasteiger partial charge in [0.2, 0.25) is 0 Å². The summed E-state index contributed by atoms with van der Waals surface area (Å²) in [5, 5.41) is 17.1. The molecule has 2 fully saturated rings. The molecule has 0 radical (unpaired) electrons. The van der Waals surface area contributed by atoms with Crippen molar-refractivity contribution in [1.82, 2.24) is 20.6 Å². The number of rotatable bonds is 5. The molecule has 3 unspecified atom stereocenters. The van der Waals surface area contributed by atoms with E-state index in [0.717, 1.165) is 38.5 Å². The minimum absolute atomic E-state index is 0.209. The van der Waals surface area contributed by atoms with Crippen molar-refractivity contribution in [1.29, 1.82) is 0 Å². The molecule has 7 heteroatoms. The van der Waals surface area contributed by atoms with Crippen LogP contribution in [0.25, 0.3) is 0 Å². The van der Waals surface area contributed by atoms with E-state index in [-0.39, 0.29) is 22.8 Å². The zero-order valence-electron chi connectivity index (χ0n) is 15.9. The number of carbonyl (C=O) groups excluding carboxylic acids is 1. The lowest BCUT2D eigenvalue weighted by molar-refractivity contribution is 0.0682. The predicted octanol–water partition coefficient (Wildman–Crippen LogP) is 2.78. The number of aromatic nitrogens is 2. The van der Waals surface area contributed by atoms with Crippen molar-refractivity contribution in [3.63, 3.8) is 0 Å². The Bertz CT molecular complexity index is 892. The molecule has 2 bridgehead atoms. The van der Waals surface area contributed by atoms with E-state index in [2.05, 4.69) is 20.6 Å². The van der Waals surface area contributed by atoms with Crippen molar-refractivity contribution in [2.75, 3.05) is 0 Å². The van der Waals surface area contributed by atoms with Gasteiger partial charge in [-0.2, -0.15) is 0 Å². The maximum Gasteiger partial charge on any atom is 0.271 e. The molecule has 148 valence electrons. The third-order valence-electron chi connectivity index (χ3n) is 6.04. The zero-order valence-corrected chi connectivity index (χ0v) is 15.9. The number of halogens is 1. The highest BCUT2D eigenvalue weighted by molar-refractivity contribution is 5.92. The van der Waals surface area contributed by atoms with Gasteiger partial charge in [0.25, 0.3) is 5.91 Å². The van der Waals surface area contributed by atoms with Gasteiger partial charge in [-0.1, -0.05) is 12.1 Å². The van der Waals surface area contributed by atoms with Gasteiger partial charge in [-0.15, -0.1) is 0 Å². The van der Waals surface area contributed by atoms with Crippen molar-refractivity contribution in [3.8, 4) is 0 Å². The first-order valence-electron chi connectivity index (χ1n) is 9.71. The van der Waals surface area contributed by atoms with Gasteiger partial charge in [-0.25, -0.2) is 9.37 Å². The van der Waals surface area contributed by atoms with Gasteiger partial charge >= 0.3 is 0 Å². The maximum atomic E-state index is 13.5. The van der Waals surface area contributed by atoms with Gasteiger partial charge in [-0.3, -0.25) is 15.1 Å². The molecule has 0 aliphatic heterocycles. The molecule has 6 nitrogen and oxygen atoms in total. The van der Waals surface area contributed by atoms with Gasteiger partial charge in [0, 0.05) is 17.3 Å². The molecule has 2 aliphatic carbocycles. The second-order valence-electron chi connectivity index (χ2n) is 8.19. The minimum Gasteiger partial charge on any atom is -0.374 e. The summed E-state index contributed by atoms with van der Waals surface area (Å²) < 4.78 is 13.5. The molecular weight excluding hydrogens is 359 g/mol. The third-order valence-corrected chi connectivity index (χ3v) is 6.04. The molecule has 2 aromatic rings. The van der Waals surface area contributed by atoms with E-state index >= 15 is 0 Å². The summed E-state index contributed by atoms with van der Waals surface area (Å²) in [7, 11) is 0. The average molecular weight is 384 g/mol. The first-order valence-corrected chi connectivity index (χ1v) is 9.71. The van der Waals surface area contributed by atoms with Crippen LogP contribution in [0.5, 0.6) is 0 Å². The summed E-state index contributed by atoms with van der Waals surface area (Å²) in [6.45, 7) is 1.81. The normalized spacial score (nSPS) is 27.4. The van der Waals surface area contributed by atoms with Crippen LogP contribution in [0, 0.1) is 12.7 Å². The topological polar surface area (TPSA) is 87.1 Å². The van der Waals surface area contributed by atoms with Crippen LogP contribution in [-0.2, 0) is 0 Å². The Hall–Kier alpha value is -2.38. The molecule has 0 spiro atoms. The minimum atomic E-state index is -0.942. The number of hydrogen-bond acceptors (Lipinski definition) is 5. The first-order chi connectivity index (χ1) is 13.4. The quantitative estimate of drug-likeness (QED) is 0.690. The van der Waals surface area contributed by atoms with E-state index in [0.29, 0.717) is 17.0 Å². The molecule has 2 aliphatic rings. The second-order valence-corrected chi connectivity index (χ2v) is 8.19. The summed E-state index contributed by atoms with van der Waals surface area (Å²) in [6, 6.07) is 6.01. The zero-order chi connectivity index (χ0) is 19.8. The molecule has 1 amide bonds. The largest absolute Gasteiger partial charge is 0.374 e. The number of nitrogens with zero attached hydrogens (tertiary/aromatic N) is 2. The van der Waals surface area contributed by atoms with Crippen LogP contribution in [0.15, 0.2) is 36.7 Å². The summed E-state index contributed by atoms with van der Waals surface area (Å²) in [5.74, 6) is -0.577. The van der Waals surface area contributed by atoms with E-state index in [4.69, 9.17) is 0 Å². The highest BCUT2D eigenvalue weighted by Crippen LogP contribution is 2.48. The first kappa shape index (κ1) is 19.0. The highest BCUT2D eigenvalue weighted by atomic mass is 19.1. The molecule has 28 heavy (non-hydrogen) atoms. The van der Waals surface area contributed by atoms with E-state index in [9.17, 15) is 14.3 Å².